The van der Waals surface area contributed by atoms with Gasteiger partial charge in [0, 0.05) is 5.41 Å². The number of hydrogen-bond donors (Lipinski definition) is 1. The summed E-state index contributed by atoms with van der Waals surface area (Å²) in [5.41, 5.74) is 0.668. The zero-order valence-corrected chi connectivity index (χ0v) is 10.5. The highest BCUT2D eigenvalue weighted by atomic mass is 35.5. The van der Waals surface area contributed by atoms with E-state index in [9.17, 15) is 4.79 Å². The van der Waals surface area contributed by atoms with E-state index in [1.807, 2.05) is 12.1 Å². The van der Waals surface area contributed by atoms with Crippen LogP contribution in [0.5, 0.6) is 11.5 Å². The molecule has 1 heterocycles. The highest BCUT2D eigenvalue weighted by Gasteiger charge is 2.41. The molecule has 2 aliphatic rings. The number of fused-ring (bicyclic) bond motifs is 1. The van der Waals surface area contributed by atoms with Gasteiger partial charge in [-0.2, -0.15) is 0 Å². The molecule has 0 amide bonds. The van der Waals surface area contributed by atoms with Crippen molar-refractivity contribution in [3.63, 3.8) is 0 Å². The second-order valence-corrected chi connectivity index (χ2v) is 5.30. The molecule has 4 nitrogen and oxygen atoms in total. The van der Waals surface area contributed by atoms with Crippen LogP contribution >= 0.6 is 11.6 Å². The van der Waals surface area contributed by atoms with Gasteiger partial charge in [0.1, 0.15) is 0 Å². The lowest BCUT2D eigenvalue weighted by Crippen LogP contribution is -2.36. The average molecular weight is 269 g/mol. The van der Waals surface area contributed by atoms with Crippen LogP contribution in [0.2, 0.25) is 5.02 Å². The fourth-order valence-electron chi connectivity index (χ4n) is 2.73. The molecular formula is C13H13ClO4. The summed E-state index contributed by atoms with van der Waals surface area (Å²) in [7, 11) is 0. The number of halogens is 1. The molecule has 0 unspecified atom stereocenters. The maximum absolute atomic E-state index is 11.0. The van der Waals surface area contributed by atoms with E-state index in [0.29, 0.717) is 16.5 Å². The Kier molecular flexibility index (Phi) is 2.63. The normalized spacial score (nSPS) is 19.4. The van der Waals surface area contributed by atoms with Crippen molar-refractivity contribution in [2.75, 3.05) is 6.79 Å². The van der Waals surface area contributed by atoms with E-state index in [-0.39, 0.29) is 18.6 Å². The quantitative estimate of drug-likeness (QED) is 0.916. The Morgan fingerprint density at radius 2 is 2.17 bits per heavy atom. The first-order valence-electron chi connectivity index (χ1n) is 5.92. The topological polar surface area (TPSA) is 55.8 Å². The van der Waals surface area contributed by atoms with Crippen LogP contribution in [0.1, 0.15) is 31.2 Å². The summed E-state index contributed by atoms with van der Waals surface area (Å²) in [4.78, 5) is 11.0. The van der Waals surface area contributed by atoms with E-state index in [1.165, 1.54) is 0 Å². The van der Waals surface area contributed by atoms with Gasteiger partial charge in [0.25, 0.3) is 0 Å². The molecule has 96 valence electrons. The zero-order chi connectivity index (χ0) is 12.8. The predicted octanol–water partition coefficient (Wildman–Crippen LogP) is 2.97. The summed E-state index contributed by atoms with van der Waals surface area (Å²) in [5, 5.41) is 9.55. The Hall–Kier alpha value is -1.42. The van der Waals surface area contributed by atoms with Gasteiger partial charge in [-0.05, 0) is 30.5 Å². The molecule has 1 saturated carbocycles. The van der Waals surface area contributed by atoms with E-state index in [4.69, 9.17) is 26.2 Å². The Bertz CT molecular complexity index is 508. The molecule has 18 heavy (non-hydrogen) atoms. The summed E-state index contributed by atoms with van der Waals surface area (Å²) < 4.78 is 10.6. The van der Waals surface area contributed by atoms with Crippen LogP contribution in [0.25, 0.3) is 0 Å². The van der Waals surface area contributed by atoms with Crippen molar-refractivity contribution in [3.05, 3.63) is 22.7 Å². The van der Waals surface area contributed by atoms with Crippen LogP contribution in [0.4, 0.5) is 0 Å². The number of carbonyl (C=O) groups is 1. The third-order valence-electron chi connectivity index (χ3n) is 3.84. The van der Waals surface area contributed by atoms with Gasteiger partial charge >= 0.3 is 5.97 Å². The largest absolute Gasteiger partial charge is 0.481 e. The third kappa shape index (κ3) is 1.72. The average Bonchev–Trinajstić information content (AvgIpc) is 2.71. The zero-order valence-electron chi connectivity index (χ0n) is 9.74. The second-order valence-electron chi connectivity index (χ2n) is 4.90. The van der Waals surface area contributed by atoms with Crippen molar-refractivity contribution in [2.45, 2.75) is 31.1 Å². The van der Waals surface area contributed by atoms with Crippen LogP contribution in [0.15, 0.2) is 12.1 Å². The number of ether oxygens (including phenoxy) is 2. The molecule has 1 N–H and O–H groups in total. The maximum atomic E-state index is 11.0. The van der Waals surface area contributed by atoms with Gasteiger partial charge in [-0.3, -0.25) is 4.79 Å². The first-order valence-corrected chi connectivity index (χ1v) is 6.30. The molecule has 1 fully saturated rings. The number of carboxylic acid groups (broad SMARTS) is 1. The SMILES string of the molecule is O=C(O)CC1(c2cc(Cl)c3c(c2)OCO3)CCC1. The van der Waals surface area contributed by atoms with Crippen molar-refractivity contribution >= 4 is 17.6 Å². The monoisotopic (exact) mass is 268 g/mol. The summed E-state index contributed by atoms with van der Waals surface area (Å²) in [5.74, 6) is 0.405. The highest BCUT2D eigenvalue weighted by molar-refractivity contribution is 6.32. The molecule has 0 spiro atoms. The Morgan fingerprint density at radius 1 is 1.39 bits per heavy atom. The number of aliphatic carboxylic acids is 1. The Morgan fingerprint density at radius 3 is 2.78 bits per heavy atom. The minimum atomic E-state index is -0.775. The standard InChI is InChI=1S/C13H13ClO4/c14-9-4-8(5-10-12(9)18-7-17-10)13(2-1-3-13)6-11(15)16/h4-5H,1-3,6-7H2,(H,15,16). The van der Waals surface area contributed by atoms with Crippen LogP contribution in [-0.2, 0) is 10.2 Å². The van der Waals surface area contributed by atoms with E-state index in [0.717, 1.165) is 24.8 Å². The molecule has 1 aromatic carbocycles. The second kappa shape index (κ2) is 4.05. The van der Waals surface area contributed by atoms with E-state index >= 15 is 0 Å². The van der Waals surface area contributed by atoms with Crippen molar-refractivity contribution < 1.29 is 19.4 Å². The number of carboxylic acids is 1. The fraction of sp³-hybridized carbons (Fsp3) is 0.462. The molecule has 0 aromatic heterocycles. The summed E-state index contributed by atoms with van der Waals surface area (Å²) in [6.07, 6.45) is 2.97. The molecule has 0 atom stereocenters. The van der Waals surface area contributed by atoms with Gasteiger partial charge in [0.2, 0.25) is 6.79 Å². The van der Waals surface area contributed by atoms with Crippen LogP contribution in [-0.4, -0.2) is 17.9 Å². The Balaban J connectivity index is 2.01. The number of rotatable bonds is 3. The molecule has 1 aliphatic carbocycles. The van der Waals surface area contributed by atoms with Gasteiger partial charge in [0.05, 0.1) is 11.4 Å². The van der Waals surface area contributed by atoms with Gasteiger partial charge in [-0.25, -0.2) is 0 Å². The van der Waals surface area contributed by atoms with E-state index in [2.05, 4.69) is 0 Å². The molecule has 1 aliphatic heterocycles. The van der Waals surface area contributed by atoms with Crippen LogP contribution in [0, 0.1) is 0 Å². The number of benzene rings is 1. The van der Waals surface area contributed by atoms with Crippen molar-refractivity contribution in [1.82, 2.24) is 0 Å². The fourth-order valence-corrected chi connectivity index (χ4v) is 3.00. The van der Waals surface area contributed by atoms with Gasteiger partial charge in [0.15, 0.2) is 11.5 Å². The van der Waals surface area contributed by atoms with E-state index < -0.39 is 5.97 Å². The minimum Gasteiger partial charge on any atom is -0.481 e. The van der Waals surface area contributed by atoms with E-state index in [1.54, 1.807) is 0 Å². The molecule has 0 bridgehead atoms. The highest BCUT2D eigenvalue weighted by Crippen LogP contribution is 2.50. The lowest BCUT2D eigenvalue weighted by atomic mass is 9.62. The lowest BCUT2D eigenvalue weighted by molar-refractivity contribution is -0.139. The minimum absolute atomic E-state index is 0.142. The van der Waals surface area contributed by atoms with Crippen LogP contribution < -0.4 is 9.47 Å². The first kappa shape index (κ1) is 11.7. The molecule has 3 rings (SSSR count). The summed E-state index contributed by atoms with van der Waals surface area (Å²) >= 11 is 6.15. The first-order chi connectivity index (χ1) is 8.61. The third-order valence-corrected chi connectivity index (χ3v) is 4.12. The molecule has 0 radical (unpaired) electrons. The summed E-state index contributed by atoms with van der Waals surface area (Å²) in [6.45, 7) is 0.171. The number of hydrogen-bond acceptors (Lipinski definition) is 3. The molecular weight excluding hydrogens is 256 g/mol. The van der Waals surface area contributed by atoms with Crippen molar-refractivity contribution in [2.24, 2.45) is 0 Å². The van der Waals surface area contributed by atoms with Gasteiger partial charge in [-0.15, -0.1) is 0 Å². The maximum Gasteiger partial charge on any atom is 0.304 e. The summed E-state index contributed by atoms with van der Waals surface area (Å²) in [6, 6.07) is 3.69. The molecule has 0 saturated heterocycles. The molecule has 1 aromatic rings. The predicted molar refractivity (Wildman–Crippen MR) is 65.4 cm³/mol. The lowest BCUT2D eigenvalue weighted by Gasteiger charge is -2.41. The van der Waals surface area contributed by atoms with Gasteiger partial charge in [-0.1, -0.05) is 18.0 Å². The van der Waals surface area contributed by atoms with Gasteiger partial charge < -0.3 is 14.6 Å². The van der Waals surface area contributed by atoms with Crippen molar-refractivity contribution in [1.29, 1.82) is 0 Å². The Labute approximate surface area is 109 Å². The van der Waals surface area contributed by atoms with Crippen LogP contribution in [0.3, 0.4) is 0 Å². The molecule has 5 heteroatoms. The van der Waals surface area contributed by atoms with Crippen molar-refractivity contribution in [3.8, 4) is 11.5 Å². The smallest absolute Gasteiger partial charge is 0.304 e.